The quantitative estimate of drug-likeness (QED) is 0.871. The molecule has 1 aliphatic heterocycles. The number of amides is 1. The Morgan fingerprint density at radius 2 is 2.44 bits per heavy atom. The molecule has 1 N–H and O–H groups in total. The van der Waals surface area contributed by atoms with Crippen LogP contribution in [0.4, 0.5) is 0 Å². The van der Waals surface area contributed by atoms with Crippen molar-refractivity contribution in [2.24, 2.45) is 5.92 Å². The van der Waals surface area contributed by atoms with Crippen molar-refractivity contribution < 1.29 is 14.3 Å². The van der Waals surface area contributed by atoms with Crippen molar-refractivity contribution in [3.63, 3.8) is 0 Å². The molecule has 1 aromatic heterocycles. The lowest BCUT2D eigenvalue weighted by Crippen LogP contribution is -2.40. The van der Waals surface area contributed by atoms with Crippen LogP contribution < -0.4 is 0 Å². The summed E-state index contributed by atoms with van der Waals surface area (Å²) in [7, 11) is 0. The first-order chi connectivity index (χ1) is 8.69. The first-order valence-electron chi connectivity index (χ1n) is 6.02. The van der Waals surface area contributed by atoms with Crippen molar-refractivity contribution in [3.05, 3.63) is 28.6 Å². The maximum Gasteiger partial charge on any atom is 0.246 e. The Morgan fingerprint density at radius 1 is 1.61 bits per heavy atom. The van der Waals surface area contributed by atoms with E-state index in [0.29, 0.717) is 17.0 Å². The Kier molecular flexibility index (Phi) is 4.60. The smallest absolute Gasteiger partial charge is 0.246 e. The molecule has 1 aliphatic rings. The van der Waals surface area contributed by atoms with Gasteiger partial charge in [0.2, 0.25) is 5.91 Å². The largest absolute Gasteiger partial charge is 0.450 e. The molecule has 18 heavy (non-hydrogen) atoms. The third-order valence-corrected chi connectivity index (χ3v) is 3.50. The van der Waals surface area contributed by atoms with Crippen LogP contribution in [-0.4, -0.2) is 35.6 Å². The van der Waals surface area contributed by atoms with E-state index in [9.17, 15) is 4.79 Å². The summed E-state index contributed by atoms with van der Waals surface area (Å²) in [5.74, 6) is 0.834. The second-order valence-corrected chi connectivity index (χ2v) is 5.23. The van der Waals surface area contributed by atoms with Gasteiger partial charge in [-0.25, -0.2) is 0 Å². The molecule has 1 fully saturated rings. The zero-order chi connectivity index (χ0) is 13.0. The molecule has 0 spiro atoms. The van der Waals surface area contributed by atoms with Gasteiger partial charge < -0.3 is 14.4 Å². The number of piperidine rings is 1. The van der Waals surface area contributed by atoms with E-state index in [0.717, 1.165) is 19.4 Å². The van der Waals surface area contributed by atoms with Crippen molar-refractivity contribution in [2.45, 2.75) is 12.8 Å². The molecule has 1 unspecified atom stereocenters. The molecule has 0 radical (unpaired) electrons. The summed E-state index contributed by atoms with van der Waals surface area (Å²) in [5, 5.41) is 9.13. The minimum atomic E-state index is -0.0272. The molecule has 1 saturated heterocycles. The average molecular weight is 314 g/mol. The van der Waals surface area contributed by atoms with E-state index in [1.54, 1.807) is 23.1 Å². The van der Waals surface area contributed by atoms with Gasteiger partial charge in [-0.05, 0) is 52.9 Å². The molecule has 2 rings (SSSR count). The fourth-order valence-electron chi connectivity index (χ4n) is 2.09. The number of nitrogens with zero attached hydrogens (tertiary/aromatic N) is 1. The number of carbonyl (C=O) groups excluding carboxylic acids is 1. The summed E-state index contributed by atoms with van der Waals surface area (Å²) >= 11 is 3.21. The number of rotatable bonds is 3. The van der Waals surface area contributed by atoms with E-state index >= 15 is 0 Å². The number of carbonyl (C=O) groups is 1. The van der Waals surface area contributed by atoms with E-state index in [1.165, 1.54) is 6.08 Å². The van der Waals surface area contributed by atoms with Crippen LogP contribution in [0.25, 0.3) is 6.08 Å². The number of halogens is 1. The molecule has 0 aliphatic carbocycles. The Balaban J connectivity index is 1.93. The van der Waals surface area contributed by atoms with Gasteiger partial charge in [-0.1, -0.05) is 0 Å². The van der Waals surface area contributed by atoms with Crippen LogP contribution in [0.15, 0.2) is 27.3 Å². The predicted octanol–water partition coefficient (Wildman–Crippen LogP) is 2.29. The monoisotopic (exact) mass is 313 g/mol. The predicted molar refractivity (Wildman–Crippen MR) is 71.8 cm³/mol. The number of hydrogen-bond donors (Lipinski definition) is 1. The molecular formula is C13H16BrNO3. The van der Waals surface area contributed by atoms with Gasteiger partial charge in [0.05, 0.1) is 0 Å². The van der Waals surface area contributed by atoms with E-state index in [4.69, 9.17) is 9.52 Å². The van der Waals surface area contributed by atoms with Crippen molar-refractivity contribution in [1.82, 2.24) is 4.90 Å². The lowest BCUT2D eigenvalue weighted by Gasteiger charge is -2.31. The van der Waals surface area contributed by atoms with Crippen LogP contribution >= 0.6 is 15.9 Å². The first kappa shape index (κ1) is 13.4. The highest BCUT2D eigenvalue weighted by Gasteiger charge is 2.21. The second kappa shape index (κ2) is 6.20. The van der Waals surface area contributed by atoms with Crippen LogP contribution in [0.3, 0.4) is 0 Å². The van der Waals surface area contributed by atoms with E-state index in [-0.39, 0.29) is 18.4 Å². The molecule has 0 bridgehead atoms. The Hall–Kier alpha value is -1.07. The van der Waals surface area contributed by atoms with Gasteiger partial charge in [0.1, 0.15) is 5.76 Å². The van der Waals surface area contributed by atoms with E-state index in [2.05, 4.69) is 15.9 Å². The number of likely N-dealkylation sites (tertiary alicyclic amines) is 1. The average Bonchev–Trinajstić information content (AvgIpc) is 2.82. The topological polar surface area (TPSA) is 53.7 Å². The van der Waals surface area contributed by atoms with Crippen LogP contribution in [0.2, 0.25) is 0 Å². The summed E-state index contributed by atoms with van der Waals surface area (Å²) in [6.07, 6.45) is 5.13. The Labute approximate surface area is 114 Å². The Morgan fingerprint density at radius 3 is 3.11 bits per heavy atom. The zero-order valence-electron chi connectivity index (χ0n) is 10.0. The van der Waals surface area contributed by atoms with Crippen LogP contribution in [0, 0.1) is 5.92 Å². The zero-order valence-corrected chi connectivity index (χ0v) is 11.6. The maximum absolute atomic E-state index is 11.9. The Bertz CT molecular complexity index is 441. The van der Waals surface area contributed by atoms with Gasteiger partial charge in [0, 0.05) is 25.8 Å². The molecule has 0 saturated carbocycles. The summed E-state index contributed by atoms with van der Waals surface area (Å²) in [5.41, 5.74) is 0. The first-order valence-corrected chi connectivity index (χ1v) is 6.81. The molecule has 98 valence electrons. The summed E-state index contributed by atoms with van der Waals surface area (Å²) in [6, 6.07) is 3.58. The van der Waals surface area contributed by atoms with Crippen molar-refractivity contribution in [1.29, 1.82) is 0 Å². The molecule has 0 aromatic carbocycles. The molecule has 5 heteroatoms. The fraction of sp³-hybridized carbons (Fsp3) is 0.462. The van der Waals surface area contributed by atoms with Crippen LogP contribution in [0.1, 0.15) is 18.6 Å². The number of aliphatic hydroxyl groups excluding tert-OH is 1. The minimum absolute atomic E-state index is 0.0272. The van der Waals surface area contributed by atoms with E-state index < -0.39 is 0 Å². The minimum Gasteiger partial charge on any atom is -0.450 e. The van der Waals surface area contributed by atoms with E-state index in [1.807, 2.05) is 0 Å². The molecule has 4 nitrogen and oxygen atoms in total. The van der Waals surface area contributed by atoms with Gasteiger partial charge in [0.25, 0.3) is 0 Å². The van der Waals surface area contributed by atoms with Gasteiger partial charge in [-0.2, -0.15) is 0 Å². The van der Waals surface area contributed by atoms with Crippen LogP contribution in [-0.2, 0) is 4.79 Å². The summed E-state index contributed by atoms with van der Waals surface area (Å²) in [6.45, 7) is 1.56. The van der Waals surface area contributed by atoms with Gasteiger partial charge >= 0.3 is 0 Å². The molecular weight excluding hydrogens is 298 g/mol. The second-order valence-electron chi connectivity index (χ2n) is 4.45. The highest BCUT2D eigenvalue weighted by atomic mass is 79.9. The van der Waals surface area contributed by atoms with Gasteiger partial charge in [0.15, 0.2) is 4.67 Å². The molecule has 1 amide bonds. The van der Waals surface area contributed by atoms with Gasteiger partial charge in [-0.15, -0.1) is 0 Å². The highest BCUT2D eigenvalue weighted by molar-refractivity contribution is 9.10. The molecule has 1 atom stereocenters. The highest BCUT2D eigenvalue weighted by Crippen LogP contribution is 2.17. The lowest BCUT2D eigenvalue weighted by atomic mass is 9.99. The molecule has 1 aromatic rings. The standard InChI is InChI=1S/C13H16BrNO3/c14-12-5-3-11(18-12)4-6-13(17)15-7-1-2-10(8-15)9-16/h3-6,10,16H,1-2,7-9H2/b6-4+. The molecule has 2 heterocycles. The third-order valence-electron chi connectivity index (χ3n) is 3.07. The summed E-state index contributed by atoms with van der Waals surface area (Å²) in [4.78, 5) is 13.7. The van der Waals surface area contributed by atoms with Crippen LogP contribution in [0.5, 0.6) is 0 Å². The van der Waals surface area contributed by atoms with Crippen molar-refractivity contribution in [2.75, 3.05) is 19.7 Å². The number of furan rings is 1. The van der Waals surface area contributed by atoms with Crippen molar-refractivity contribution >= 4 is 27.9 Å². The number of hydrogen-bond acceptors (Lipinski definition) is 3. The number of aliphatic hydroxyl groups is 1. The normalized spacial score (nSPS) is 20.6. The van der Waals surface area contributed by atoms with Crippen molar-refractivity contribution in [3.8, 4) is 0 Å². The maximum atomic E-state index is 11.9. The third kappa shape index (κ3) is 3.46. The SMILES string of the molecule is O=C(/C=C/c1ccc(Br)o1)N1CCCC(CO)C1. The summed E-state index contributed by atoms with van der Waals surface area (Å²) < 4.78 is 5.93. The lowest BCUT2D eigenvalue weighted by molar-refractivity contribution is -0.127. The fourth-order valence-corrected chi connectivity index (χ4v) is 2.41. The van der Waals surface area contributed by atoms with Gasteiger partial charge in [-0.3, -0.25) is 4.79 Å².